The van der Waals surface area contributed by atoms with Crippen molar-refractivity contribution < 1.29 is 0 Å². The van der Waals surface area contributed by atoms with Crippen LogP contribution in [0.5, 0.6) is 0 Å². The Morgan fingerprint density at radius 3 is 2.46 bits per heavy atom. The Kier molecular flexibility index (Phi) is 8.72. The van der Waals surface area contributed by atoms with Gasteiger partial charge in [-0.05, 0) is 51.0 Å². The number of benzene rings is 1. The molecule has 0 spiro atoms. The second kappa shape index (κ2) is 10.8. The van der Waals surface area contributed by atoms with Gasteiger partial charge in [0.2, 0.25) is 0 Å². The maximum Gasteiger partial charge on any atom is 0.192 e. The van der Waals surface area contributed by atoms with Gasteiger partial charge in [0.15, 0.2) is 11.8 Å². The van der Waals surface area contributed by atoms with Crippen LogP contribution in [-0.4, -0.2) is 26.8 Å². The van der Waals surface area contributed by atoms with Gasteiger partial charge in [-0.3, -0.25) is 0 Å². The van der Waals surface area contributed by atoms with E-state index >= 15 is 0 Å². The van der Waals surface area contributed by atoms with Gasteiger partial charge in [-0.2, -0.15) is 0 Å². The molecule has 1 unspecified atom stereocenters. The maximum absolute atomic E-state index is 4.82. The van der Waals surface area contributed by atoms with E-state index in [0.717, 1.165) is 23.5 Å². The van der Waals surface area contributed by atoms with Crippen molar-refractivity contribution >= 4 is 29.9 Å². The van der Waals surface area contributed by atoms with E-state index in [1.54, 1.807) is 0 Å². The molecule has 1 saturated carbocycles. The highest BCUT2D eigenvalue weighted by Crippen LogP contribution is 2.23. The molecule has 0 radical (unpaired) electrons. The summed E-state index contributed by atoms with van der Waals surface area (Å²) in [6.07, 6.45) is 4.96. The minimum atomic E-state index is 0. The van der Waals surface area contributed by atoms with Gasteiger partial charge in [-0.1, -0.05) is 37.3 Å². The predicted molar refractivity (Wildman–Crippen MR) is 125 cm³/mol. The molecular weight excluding hydrogens is 463 g/mol. The Labute approximate surface area is 185 Å². The quantitative estimate of drug-likeness (QED) is 0.372. The van der Waals surface area contributed by atoms with E-state index in [1.165, 1.54) is 31.2 Å². The minimum Gasteiger partial charge on any atom is -0.354 e. The number of nitrogens with zero attached hydrogens (tertiary/aromatic N) is 4. The van der Waals surface area contributed by atoms with Gasteiger partial charge in [0.25, 0.3) is 0 Å². The first-order chi connectivity index (χ1) is 13.0. The van der Waals surface area contributed by atoms with E-state index in [4.69, 9.17) is 4.99 Å². The van der Waals surface area contributed by atoms with E-state index < -0.39 is 0 Å². The summed E-state index contributed by atoms with van der Waals surface area (Å²) in [6, 6.07) is 11.1. The molecule has 0 amide bonds. The Balaban J connectivity index is 0.00000280. The normalized spacial score (nSPS) is 20.9. The minimum absolute atomic E-state index is 0. The van der Waals surface area contributed by atoms with Gasteiger partial charge in [0.1, 0.15) is 12.4 Å². The third kappa shape index (κ3) is 6.18. The zero-order valence-corrected chi connectivity index (χ0v) is 19.7. The summed E-state index contributed by atoms with van der Waals surface area (Å²) < 4.78 is 1.99. The van der Waals surface area contributed by atoms with Crippen LogP contribution in [-0.2, 0) is 13.6 Å². The lowest BCUT2D eigenvalue weighted by Gasteiger charge is -2.29. The van der Waals surface area contributed by atoms with Crippen LogP contribution in [0, 0.1) is 12.8 Å². The van der Waals surface area contributed by atoms with Gasteiger partial charge < -0.3 is 15.2 Å². The van der Waals surface area contributed by atoms with Gasteiger partial charge >= 0.3 is 0 Å². The first kappa shape index (κ1) is 22.6. The van der Waals surface area contributed by atoms with Gasteiger partial charge in [0, 0.05) is 13.1 Å². The molecule has 0 aliphatic heterocycles. The van der Waals surface area contributed by atoms with Crippen molar-refractivity contribution in [3.63, 3.8) is 0 Å². The monoisotopic (exact) mass is 496 g/mol. The Hall–Kier alpha value is -1.64. The first-order valence-electron chi connectivity index (χ1n) is 10.00. The number of guanidine groups is 1. The predicted octanol–water partition coefficient (Wildman–Crippen LogP) is 4.12. The molecule has 0 bridgehead atoms. The van der Waals surface area contributed by atoms with Crippen LogP contribution >= 0.6 is 24.0 Å². The summed E-state index contributed by atoms with van der Waals surface area (Å²) in [5.41, 5.74) is 1.25. The molecule has 1 aromatic carbocycles. The average Bonchev–Trinajstić information content (AvgIpc) is 3.00. The zero-order valence-electron chi connectivity index (χ0n) is 17.4. The summed E-state index contributed by atoms with van der Waals surface area (Å²) in [4.78, 5) is 4.82. The van der Waals surface area contributed by atoms with Crippen LogP contribution in [0.2, 0.25) is 0 Å². The average molecular weight is 496 g/mol. The molecule has 1 aromatic heterocycles. The van der Waals surface area contributed by atoms with Crippen molar-refractivity contribution in [1.29, 1.82) is 0 Å². The number of nitrogens with one attached hydrogen (secondary N) is 2. The van der Waals surface area contributed by atoms with Gasteiger partial charge in [-0.25, -0.2) is 4.99 Å². The molecule has 2 aromatic rings. The van der Waals surface area contributed by atoms with Crippen molar-refractivity contribution in [2.24, 2.45) is 18.0 Å². The lowest BCUT2D eigenvalue weighted by Crippen LogP contribution is -2.45. The van der Waals surface area contributed by atoms with Gasteiger partial charge in [0.05, 0.1) is 6.04 Å². The van der Waals surface area contributed by atoms with Crippen LogP contribution in [0.1, 0.15) is 62.8 Å². The van der Waals surface area contributed by atoms with Crippen molar-refractivity contribution in [1.82, 2.24) is 25.4 Å². The molecule has 7 heteroatoms. The lowest BCUT2D eigenvalue weighted by atomic mass is 9.87. The number of hydrogen-bond donors (Lipinski definition) is 2. The van der Waals surface area contributed by atoms with E-state index in [-0.39, 0.29) is 30.0 Å². The Bertz CT molecular complexity index is 750. The highest BCUT2D eigenvalue weighted by molar-refractivity contribution is 14.0. The molecule has 6 nitrogen and oxygen atoms in total. The highest BCUT2D eigenvalue weighted by atomic mass is 127. The fourth-order valence-corrected chi connectivity index (χ4v) is 3.50. The van der Waals surface area contributed by atoms with Crippen molar-refractivity contribution in [3.05, 3.63) is 47.5 Å². The lowest BCUT2D eigenvalue weighted by molar-refractivity contribution is 0.328. The smallest absolute Gasteiger partial charge is 0.192 e. The van der Waals surface area contributed by atoms with Crippen LogP contribution in [0.25, 0.3) is 0 Å². The maximum atomic E-state index is 4.82. The molecule has 0 saturated heterocycles. The number of hydrogen-bond acceptors (Lipinski definition) is 3. The third-order valence-electron chi connectivity index (χ3n) is 5.57. The number of aromatic nitrogens is 3. The summed E-state index contributed by atoms with van der Waals surface area (Å²) >= 11 is 0. The second-order valence-corrected chi connectivity index (χ2v) is 7.77. The van der Waals surface area contributed by atoms with Crippen LogP contribution < -0.4 is 10.6 Å². The fraction of sp³-hybridized carbons (Fsp3) is 0.571. The number of halogens is 1. The summed E-state index contributed by atoms with van der Waals surface area (Å²) in [5, 5.41) is 15.6. The molecule has 154 valence electrons. The summed E-state index contributed by atoms with van der Waals surface area (Å²) in [5.74, 6) is 3.47. The standard InChI is InChI=1S/C21H32N6.HI/c1-15-10-12-19(13-11-15)24-21(22-14-20-26-25-17(3)27(20)4)23-16(2)18-8-6-5-7-9-18;/h5-9,15-16,19H,10-14H2,1-4H3,(H2,22,23,24);1H. The Morgan fingerprint density at radius 2 is 1.86 bits per heavy atom. The number of aryl methyl sites for hydroxylation is 1. The molecule has 1 aliphatic rings. The highest BCUT2D eigenvalue weighted by Gasteiger charge is 2.20. The molecule has 2 N–H and O–H groups in total. The van der Waals surface area contributed by atoms with Crippen LogP contribution in [0.4, 0.5) is 0 Å². The molecule has 1 heterocycles. The van der Waals surface area contributed by atoms with Crippen molar-refractivity contribution in [2.75, 3.05) is 0 Å². The van der Waals surface area contributed by atoms with E-state index in [0.29, 0.717) is 12.6 Å². The van der Waals surface area contributed by atoms with Crippen LogP contribution in [0.3, 0.4) is 0 Å². The molecule has 1 atom stereocenters. The molecular formula is C21H33IN6. The topological polar surface area (TPSA) is 67.1 Å². The van der Waals surface area contributed by atoms with Crippen molar-refractivity contribution in [3.8, 4) is 0 Å². The zero-order chi connectivity index (χ0) is 19.2. The molecule has 3 rings (SSSR count). The molecule has 1 aliphatic carbocycles. The number of aliphatic imine (C=N–C) groups is 1. The van der Waals surface area contributed by atoms with E-state index in [1.807, 2.05) is 24.6 Å². The summed E-state index contributed by atoms with van der Waals surface area (Å²) in [7, 11) is 1.98. The van der Waals surface area contributed by atoms with Crippen molar-refractivity contribution in [2.45, 2.75) is 65.1 Å². The second-order valence-electron chi connectivity index (χ2n) is 7.77. The van der Waals surface area contributed by atoms with Gasteiger partial charge in [-0.15, -0.1) is 34.2 Å². The molecule has 1 fully saturated rings. The molecule has 28 heavy (non-hydrogen) atoms. The SMILES string of the molecule is Cc1nnc(CN=C(NC2CCC(C)CC2)NC(C)c2ccccc2)n1C.I. The number of rotatable bonds is 5. The summed E-state index contributed by atoms with van der Waals surface area (Å²) in [6.45, 7) is 6.98. The van der Waals surface area contributed by atoms with Crippen LogP contribution in [0.15, 0.2) is 35.3 Å². The Morgan fingerprint density at radius 1 is 1.18 bits per heavy atom. The fourth-order valence-electron chi connectivity index (χ4n) is 3.50. The van der Waals surface area contributed by atoms with E-state index in [2.05, 4.69) is 58.9 Å². The first-order valence-corrected chi connectivity index (χ1v) is 10.00. The third-order valence-corrected chi connectivity index (χ3v) is 5.57. The van der Waals surface area contributed by atoms with E-state index in [9.17, 15) is 0 Å². The largest absolute Gasteiger partial charge is 0.354 e.